The molecule has 0 saturated carbocycles. The molecule has 0 aliphatic heterocycles. The maximum absolute atomic E-state index is 12.2. The van der Waals surface area contributed by atoms with E-state index in [2.05, 4.69) is 5.32 Å². The molecule has 0 heterocycles. The van der Waals surface area contributed by atoms with E-state index in [4.69, 9.17) is 9.88 Å². The van der Waals surface area contributed by atoms with Crippen molar-refractivity contribution >= 4 is 27.6 Å². The Hall–Kier alpha value is -2.71. The van der Waals surface area contributed by atoms with Crippen LogP contribution in [0, 0.1) is 27.7 Å². The van der Waals surface area contributed by atoms with Gasteiger partial charge in [-0.2, -0.15) is 0 Å². The van der Waals surface area contributed by atoms with Crippen molar-refractivity contribution in [1.82, 2.24) is 0 Å². The number of carbonyl (C=O) groups excluding carboxylic acids is 2. The molecule has 2 aromatic rings. The van der Waals surface area contributed by atoms with Gasteiger partial charge in [-0.3, -0.25) is 4.79 Å². The molecule has 0 bridgehead atoms. The van der Waals surface area contributed by atoms with Crippen LogP contribution in [0.5, 0.6) is 0 Å². The van der Waals surface area contributed by atoms with E-state index in [0.717, 1.165) is 17.2 Å². The van der Waals surface area contributed by atoms with Gasteiger partial charge in [0.15, 0.2) is 6.61 Å². The minimum absolute atomic E-state index is 0.0154. The fourth-order valence-corrected chi connectivity index (χ4v) is 3.41. The van der Waals surface area contributed by atoms with Crippen LogP contribution in [-0.4, -0.2) is 26.9 Å². The van der Waals surface area contributed by atoms with Crippen molar-refractivity contribution in [3.63, 3.8) is 0 Å². The molecule has 0 unspecified atom stereocenters. The van der Waals surface area contributed by atoms with Crippen molar-refractivity contribution in [3.8, 4) is 0 Å². The summed E-state index contributed by atoms with van der Waals surface area (Å²) in [6.45, 7) is 6.56. The van der Waals surface area contributed by atoms with Gasteiger partial charge in [-0.05, 0) is 68.1 Å². The fraction of sp³-hybridized carbons (Fsp3) is 0.263. The third kappa shape index (κ3) is 4.93. The molecule has 27 heavy (non-hydrogen) atoms. The maximum Gasteiger partial charge on any atom is 0.338 e. The van der Waals surface area contributed by atoms with Gasteiger partial charge < -0.3 is 10.1 Å². The lowest BCUT2D eigenvalue weighted by Gasteiger charge is -2.12. The van der Waals surface area contributed by atoms with Gasteiger partial charge in [-0.25, -0.2) is 18.4 Å². The topological polar surface area (TPSA) is 116 Å². The molecule has 0 fully saturated rings. The summed E-state index contributed by atoms with van der Waals surface area (Å²) in [5.41, 5.74) is 3.63. The second-order valence-corrected chi connectivity index (χ2v) is 7.86. The Balaban J connectivity index is 2.11. The predicted octanol–water partition coefficient (Wildman–Crippen LogP) is 2.36. The quantitative estimate of drug-likeness (QED) is 0.761. The molecule has 0 aromatic heterocycles. The van der Waals surface area contributed by atoms with Gasteiger partial charge in [0.1, 0.15) is 0 Å². The Labute approximate surface area is 158 Å². The van der Waals surface area contributed by atoms with Crippen molar-refractivity contribution in [2.75, 3.05) is 11.9 Å². The number of rotatable bonds is 5. The molecular formula is C19H22N2O5S. The van der Waals surface area contributed by atoms with Crippen LogP contribution in [0.3, 0.4) is 0 Å². The van der Waals surface area contributed by atoms with Crippen LogP contribution in [0.4, 0.5) is 5.69 Å². The van der Waals surface area contributed by atoms with Gasteiger partial charge in [0.25, 0.3) is 5.91 Å². The summed E-state index contributed by atoms with van der Waals surface area (Å²) in [6.07, 6.45) is 0. The van der Waals surface area contributed by atoms with Crippen molar-refractivity contribution < 1.29 is 22.7 Å². The van der Waals surface area contributed by atoms with Crippen molar-refractivity contribution in [1.29, 1.82) is 0 Å². The standard InChI is InChI=1S/C19H22N2O5S/c1-11-6-5-7-16(13(11)3)21-18(22)10-26-19(23)15-8-12(2)14(4)17(9-15)27(20,24)25/h5-9H,10H2,1-4H3,(H,21,22)(H2,20,24,25). The fourth-order valence-electron chi connectivity index (χ4n) is 2.53. The van der Waals surface area contributed by atoms with Gasteiger partial charge in [0, 0.05) is 5.69 Å². The molecule has 0 saturated heterocycles. The molecule has 0 radical (unpaired) electrons. The summed E-state index contributed by atoms with van der Waals surface area (Å²) in [4.78, 5) is 24.1. The maximum atomic E-state index is 12.2. The van der Waals surface area contributed by atoms with Crippen LogP contribution in [0.15, 0.2) is 35.2 Å². The molecule has 2 aromatic carbocycles. The highest BCUT2D eigenvalue weighted by molar-refractivity contribution is 7.89. The van der Waals surface area contributed by atoms with Gasteiger partial charge in [0.05, 0.1) is 10.5 Å². The number of esters is 1. The highest BCUT2D eigenvalue weighted by atomic mass is 32.2. The predicted molar refractivity (Wildman–Crippen MR) is 102 cm³/mol. The molecule has 2 rings (SSSR count). The highest BCUT2D eigenvalue weighted by Gasteiger charge is 2.19. The van der Waals surface area contributed by atoms with Crippen LogP contribution in [0.2, 0.25) is 0 Å². The normalized spacial score (nSPS) is 11.1. The number of nitrogens with one attached hydrogen (secondary N) is 1. The lowest BCUT2D eigenvalue weighted by Crippen LogP contribution is -2.22. The van der Waals surface area contributed by atoms with Crippen LogP contribution in [-0.2, 0) is 19.6 Å². The third-order valence-electron chi connectivity index (χ3n) is 4.38. The van der Waals surface area contributed by atoms with E-state index < -0.39 is 28.5 Å². The SMILES string of the molecule is Cc1cccc(NC(=O)COC(=O)c2cc(C)c(C)c(S(N)(=O)=O)c2)c1C. The average Bonchev–Trinajstić information content (AvgIpc) is 2.58. The Morgan fingerprint density at radius 2 is 1.70 bits per heavy atom. The zero-order valence-electron chi connectivity index (χ0n) is 15.6. The molecule has 3 N–H and O–H groups in total. The van der Waals surface area contributed by atoms with Crippen molar-refractivity contribution in [2.24, 2.45) is 5.14 Å². The summed E-state index contributed by atoms with van der Waals surface area (Å²) in [5.74, 6) is -1.30. The number of ether oxygens (including phenoxy) is 1. The van der Waals surface area contributed by atoms with Gasteiger partial charge >= 0.3 is 5.97 Å². The Morgan fingerprint density at radius 3 is 2.33 bits per heavy atom. The van der Waals surface area contributed by atoms with E-state index in [-0.39, 0.29) is 10.5 Å². The molecule has 0 spiro atoms. The van der Waals surface area contributed by atoms with Crippen molar-refractivity contribution in [3.05, 3.63) is 58.1 Å². The zero-order valence-corrected chi connectivity index (χ0v) is 16.4. The second-order valence-electron chi connectivity index (χ2n) is 6.33. The number of anilines is 1. The van der Waals surface area contributed by atoms with Crippen molar-refractivity contribution in [2.45, 2.75) is 32.6 Å². The van der Waals surface area contributed by atoms with Gasteiger partial charge in [-0.15, -0.1) is 0 Å². The molecule has 8 heteroatoms. The number of sulfonamides is 1. The first-order valence-electron chi connectivity index (χ1n) is 8.18. The monoisotopic (exact) mass is 390 g/mol. The van der Waals surface area contributed by atoms with Gasteiger partial charge in [0.2, 0.25) is 10.0 Å². The Morgan fingerprint density at radius 1 is 1.04 bits per heavy atom. The summed E-state index contributed by atoms with van der Waals surface area (Å²) >= 11 is 0. The van der Waals surface area contributed by atoms with Crippen LogP contribution in [0.1, 0.15) is 32.6 Å². The van der Waals surface area contributed by atoms with Crippen LogP contribution >= 0.6 is 0 Å². The first kappa shape index (κ1) is 20.6. The van der Waals surface area contributed by atoms with E-state index in [9.17, 15) is 18.0 Å². The minimum atomic E-state index is -3.98. The number of carbonyl (C=O) groups is 2. The molecular weight excluding hydrogens is 368 g/mol. The zero-order chi connectivity index (χ0) is 20.4. The molecule has 0 atom stereocenters. The second kappa shape index (κ2) is 7.89. The van der Waals surface area contributed by atoms with E-state index in [1.54, 1.807) is 19.9 Å². The summed E-state index contributed by atoms with van der Waals surface area (Å²) in [5, 5.41) is 7.87. The van der Waals surface area contributed by atoms with Gasteiger partial charge in [-0.1, -0.05) is 12.1 Å². The number of hydrogen-bond donors (Lipinski definition) is 2. The Kier molecular flexibility index (Phi) is 6.02. The summed E-state index contributed by atoms with van der Waals surface area (Å²) < 4.78 is 28.4. The molecule has 0 aliphatic rings. The van der Waals surface area contributed by atoms with E-state index in [1.165, 1.54) is 6.07 Å². The number of nitrogens with two attached hydrogens (primary N) is 1. The minimum Gasteiger partial charge on any atom is -0.452 e. The number of aryl methyl sites for hydroxylation is 2. The first-order valence-corrected chi connectivity index (χ1v) is 9.72. The lowest BCUT2D eigenvalue weighted by atomic mass is 10.1. The smallest absolute Gasteiger partial charge is 0.338 e. The number of hydrogen-bond acceptors (Lipinski definition) is 5. The Bertz CT molecular complexity index is 1010. The van der Waals surface area contributed by atoms with Crippen LogP contribution in [0.25, 0.3) is 0 Å². The molecule has 1 amide bonds. The van der Waals surface area contributed by atoms with Crippen LogP contribution < -0.4 is 10.5 Å². The molecule has 0 aliphatic carbocycles. The van der Waals surface area contributed by atoms with E-state index >= 15 is 0 Å². The molecule has 7 nitrogen and oxygen atoms in total. The first-order chi connectivity index (χ1) is 12.5. The largest absolute Gasteiger partial charge is 0.452 e. The number of amides is 1. The molecule has 144 valence electrons. The number of benzene rings is 2. The third-order valence-corrected chi connectivity index (χ3v) is 5.41. The summed E-state index contributed by atoms with van der Waals surface area (Å²) in [7, 11) is -3.98. The highest BCUT2D eigenvalue weighted by Crippen LogP contribution is 2.21. The summed E-state index contributed by atoms with van der Waals surface area (Å²) in [6, 6.07) is 8.14. The van der Waals surface area contributed by atoms with E-state index in [0.29, 0.717) is 16.8 Å². The average molecular weight is 390 g/mol. The lowest BCUT2D eigenvalue weighted by molar-refractivity contribution is -0.119. The number of primary sulfonamides is 1. The van der Waals surface area contributed by atoms with E-state index in [1.807, 2.05) is 26.0 Å².